The van der Waals surface area contributed by atoms with Gasteiger partial charge in [-0.1, -0.05) is 18.1 Å². The zero-order valence-corrected chi connectivity index (χ0v) is 25.1. The number of carbonyl (C=O) groups is 3. The fourth-order valence-corrected chi connectivity index (χ4v) is 4.74. The maximum absolute atomic E-state index is 13.7. The van der Waals surface area contributed by atoms with E-state index in [1.807, 2.05) is 6.92 Å². The maximum atomic E-state index is 13.7. The summed E-state index contributed by atoms with van der Waals surface area (Å²) in [5.74, 6) is 0.699. The lowest BCUT2D eigenvalue weighted by atomic mass is 9.99. The van der Waals surface area contributed by atoms with E-state index in [4.69, 9.17) is 14.0 Å². The largest absolute Gasteiger partial charge is 0.497 e. The summed E-state index contributed by atoms with van der Waals surface area (Å²) < 4.78 is 16.8. The number of para-hydroxylation sites is 1. The minimum Gasteiger partial charge on any atom is -0.497 e. The van der Waals surface area contributed by atoms with Gasteiger partial charge in [0.2, 0.25) is 0 Å². The quantitative estimate of drug-likeness (QED) is 0.300. The maximum Gasteiger partial charge on any atom is 0.323 e. The second-order valence-corrected chi connectivity index (χ2v) is 10.6. The van der Waals surface area contributed by atoms with Gasteiger partial charge in [0.05, 0.1) is 37.6 Å². The highest BCUT2D eigenvalue weighted by atomic mass is 16.5. The molecule has 13 heteroatoms. The number of nitrogens with zero attached hydrogens (tertiary/aromatic N) is 3. The molecule has 1 aliphatic heterocycles. The monoisotopic (exact) mass is 594 g/mol. The van der Waals surface area contributed by atoms with Gasteiger partial charge in [-0.05, 0) is 57.2 Å². The van der Waals surface area contributed by atoms with E-state index in [2.05, 4.69) is 21.1 Å². The first-order valence-electron chi connectivity index (χ1n) is 13.9. The average molecular weight is 595 g/mol. The number of anilines is 3. The van der Waals surface area contributed by atoms with Gasteiger partial charge in [0.1, 0.15) is 23.2 Å². The molecule has 0 fully saturated rings. The molecule has 3 atom stereocenters. The van der Waals surface area contributed by atoms with Crippen molar-refractivity contribution in [3.8, 4) is 11.5 Å². The number of carbonyl (C=O) groups excluding carboxylic acids is 3. The molecule has 1 aromatic heterocycles. The molecular weight excluding hydrogens is 556 g/mol. The summed E-state index contributed by atoms with van der Waals surface area (Å²) in [6.07, 6.45) is -0.590. The molecule has 0 saturated heterocycles. The van der Waals surface area contributed by atoms with Crippen LogP contribution in [0.5, 0.6) is 11.5 Å². The number of methoxy groups -OCH3 is 1. The molecule has 4 rings (SSSR count). The Bertz CT molecular complexity index is 1440. The zero-order valence-electron chi connectivity index (χ0n) is 25.1. The van der Waals surface area contributed by atoms with E-state index in [0.717, 1.165) is 0 Å². The fourth-order valence-electron chi connectivity index (χ4n) is 4.74. The first-order chi connectivity index (χ1) is 20.5. The molecule has 0 spiro atoms. The first-order valence-corrected chi connectivity index (χ1v) is 13.9. The van der Waals surface area contributed by atoms with Crippen molar-refractivity contribution in [1.29, 1.82) is 0 Å². The Morgan fingerprint density at radius 3 is 2.51 bits per heavy atom. The molecule has 2 heterocycles. The summed E-state index contributed by atoms with van der Waals surface area (Å²) >= 11 is 0. The third-order valence-electron chi connectivity index (χ3n) is 7.35. The van der Waals surface area contributed by atoms with E-state index in [0.29, 0.717) is 28.6 Å². The van der Waals surface area contributed by atoms with Gasteiger partial charge in [-0.25, -0.2) is 9.59 Å². The van der Waals surface area contributed by atoms with Crippen LogP contribution in [0.15, 0.2) is 47.0 Å². The molecule has 5 amide bonds. The number of urea groups is 2. The van der Waals surface area contributed by atoms with Crippen molar-refractivity contribution in [3.05, 3.63) is 59.5 Å². The molecule has 230 valence electrons. The Morgan fingerprint density at radius 1 is 1.16 bits per heavy atom. The lowest BCUT2D eigenvalue weighted by molar-refractivity contribution is 0.0373. The average Bonchev–Trinajstić information content (AvgIpc) is 3.31. The molecule has 1 aliphatic rings. The molecule has 13 nitrogen and oxygen atoms in total. The predicted octanol–water partition coefficient (Wildman–Crippen LogP) is 4.33. The Hall–Kier alpha value is -4.78. The highest BCUT2D eigenvalue weighted by Gasteiger charge is 2.35. The molecule has 4 N–H and O–H groups in total. The smallest absolute Gasteiger partial charge is 0.323 e. The second-order valence-electron chi connectivity index (χ2n) is 10.6. The van der Waals surface area contributed by atoms with E-state index in [1.165, 1.54) is 4.90 Å². The number of likely N-dealkylation sites (N-methyl/N-ethyl adjacent to an activating group) is 1. The summed E-state index contributed by atoms with van der Waals surface area (Å²) in [6, 6.07) is 10.3. The molecule has 2 aromatic carbocycles. The lowest BCUT2D eigenvalue weighted by Crippen LogP contribution is -2.50. The van der Waals surface area contributed by atoms with Crippen LogP contribution in [0.2, 0.25) is 0 Å². The number of aryl methyl sites for hydroxylation is 2. The highest BCUT2D eigenvalue weighted by Crippen LogP contribution is 2.35. The Balaban J connectivity index is 1.61. The Morgan fingerprint density at radius 2 is 1.88 bits per heavy atom. The van der Waals surface area contributed by atoms with Crippen LogP contribution in [-0.4, -0.2) is 84.0 Å². The van der Waals surface area contributed by atoms with Crippen LogP contribution in [0.25, 0.3) is 0 Å². The molecule has 0 unspecified atom stereocenters. The number of hydrogen-bond donors (Lipinski definition) is 4. The van der Waals surface area contributed by atoms with E-state index < -0.39 is 24.2 Å². The third kappa shape index (κ3) is 7.17. The van der Waals surface area contributed by atoms with Crippen molar-refractivity contribution >= 4 is 35.0 Å². The topological polar surface area (TPSA) is 158 Å². The minimum absolute atomic E-state index is 0.151. The number of aliphatic hydroxyl groups is 1. The summed E-state index contributed by atoms with van der Waals surface area (Å²) in [5, 5.41) is 22.2. The van der Waals surface area contributed by atoms with Crippen molar-refractivity contribution in [1.82, 2.24) is 15.0 Å². The first kappa shape index (κ1) is 31.2. The number of rotatable bonds is 8. The van der Waals surface area contributed by atoms with Crippen LogP contribution >= 0.6 is 0 Å². The predicted molar refractivity (Wildman–Crippen MR) is 161 cm³/mol. The fraction of sp³-hybridized carbons (Fsp3) is 0.400. The standard InChI is InChI=1S/C30H38N6O7/c1-17-14-36(18(2)16-37)28(38)23-8-7-9-24(32-29(39)31-21-10-12-22(41-6)13-11-21)27(23)42-25(17)15-35(5)30(40)33-26-19(3)34-43-20(26)4/h7-13,17-18,25,37H,14-16H2,1-6H3,(H,33,40)(H2,31,32,39)/t17-,18+,25+/m1/s1. The Kier molecular flexibility index (Phi) is 9.76. The van der Waals surface area contributed by atoms with E-state index >= 15 is 0 Å². The highest BCUT2D eigenvalue weighted by molar-refractivity contribution is 6.04. The van der Waals surface area contributed by atoms with Gasteiger partial charge in [-0.3, -0.25) is 4.79 Å². The van der Waals surface area contributed by atoms with Crippen LogP contribution < -0.4 is 25.4 Å². The van der Waals surface area contributed by atoms with Gasteiger partial charge < -0.3 is 44.9 Å². The van der Waals surface area contributed by atoms with Crippen LogP contribution in [-0.2, 0) is 0 Å². The second kappa shape index (κ2) is 13.5. The van der Waals surface area contributed by atoms with Crippen LogP contribution in [0, 0.1) is 19.8 Å². The number of amides is 5. The summed E-state index contributed by atoms with van der Waals surface area (Å²) in [7, 11) is 3.19. The summed E-state index contributed by atoms with van der Waals surface area (Å²) in [5.41, 5.74) is 2.09. The van der Waals surface area contributed by atoms with Gasteiger partial charge in [-0.15, -0.1) is 0 Å². The van der Waals surface area contributed by atoms with Crippen molar-refractivity contribution in [2.24, 2.45) is 5.92 Å². The number of benzene rings is 2. The van der Waals surface area contributed by atoms with Gasteiger partial charge in [0.25, 0.3) is 5.91 Å². The third-order valence-corrected chi connectivity index (χ3v) is 7.35. The molecular formula is C30H38N6O7. The van der Waals surface area contributed by atoms with Gasteiger partial charge in [0.15, 0.2) is 11.5 Å². The zero-order chi connectivity index (χ0) is 31.3. The molecule has 0 saturated carbocycles. The molecule has 3 aromatic rings. The van der Waals surface area contributed by atoms with Crippen LogP contribution in [0.4, 0.5) is 26.7 Å². The molecule has 0 radical (unpaired) electrons. The number of fused-ring (bicyclic) bond motifs is 1. The van der Waals surface area contributed by atoms with E-state index in [9.17, 15) is 19.5 Å². The van der Waals surface area contributed by atoms with Crippen molar-refractivity contribution < 1.29 is 33.5 Å². The van der Waals surface area contributed by atoms with Crippen LogP contribution in [0.1, 0.15) is 35.7 Å². The number of ether oxygens (including phenoxy) is 2. The van der Waals surface area contributed by atoms with Gasteiger partial charge >= 0.3 is 12.1 Å². The summed E-state index contributed by atoms with van der Waals surface area (Å²) in [4.78, 5) is 42.9. The van der Waals surface area contributed by atoms with E-state index in [1.54, 1.807) is 82.3 Å². The van der Waals surface area contributed by atoms with Crippen molar-refractivity contribution in [2.45, 2.75) is 39.8 Å². The Labute approximate surface area is 250 Å². The molecule has 43 heavy (non-hydrogen) atoms. The lowest BCUT2D eigenvalue weighted by Gasteiger charge is -2.38. The number of aliphatic hydroxyl groups excluding tert-OH is 1. The SMILES string of the molecule is COc1ccc(NC(=O)Nc2cccc3c2O[C@@H](CN(C)C(=O)Nc2c(C)noc2C)[C@H](C)CN([C@@H](C)CO)C3=O)cc1. The van der Waals surface area contributed by atoms with E-state index in [-0.39, 0.29) is 48.5 Å². The van der Waals surface area contributed by atoms with Gasteiger partial charge in [0, 0.05) is 25.2 Å². The van der Waals surface area contributed by atoms with Gasteiger partial charge in [-0.2, -0.15) is 0 Å². The minimum atomic E-state index is -0.590. The molecule has 0 aliphatic carbocycles. The van der Waals surface area contributed by atoms with Crippen LogP contribution in [0.3, 0.4) is 0 Å². The van der Waals surface area contributed by atoms with Crippen molar-refractivity contribution in [2.75, 3.05) is 49.8 Å². The number of nitrogens with one attached hydrogen (secondary N) is 3. The summed E-state index contributed by atoms with van der Waals surface area (Å²) in [6.45, 7) is 7.30. The number of aromatic nitrogens is 1. The van der Waals surface area contributed by atoms with Crippen molar-refractivity contribution in [3.63, 3.8) is 0 Å². The number of hydrogen-bond acceptors (Lipinski definition) is 8. The normalized spacial score (nSPS) is 17.1. The molecule has 0 bridgehead atoms.